The molecule has 2 rings (SSSR count). The fourth-order valence-corrected chi connectivity index (χ4v) is 2.23. The summed E-state index contributed by atoms with van der Waals surface area (Å²) in [6.45, 7) is 2.56. The van der Waals surface area contributed by atoms with Crippen molar-refractivity contribution in [1.29, 1.82) is 0 Å². The first-order valence-corrected chi connectivity index (χ1v) is 7.43. The van der Waals surface area contributed by atoms with Crippen LogP contribution in [0.1, 0.15) is 24.8 Å². The average Bonchev–Trinajstić information content (AvgIpc) is 2.55. The molecule has 0 heterocycles. The van der Waals surface area contributed by atoms with Crippen LogP contribution in [0, 0.1) is 0 Å². The van der Waals surface area contributed by atoms with Gasteiger partial charge >= 0.3 is 0 Å². The number of para-hydroxylation sites is 2. The summed E-state index contributed by atoms with van der Waals surface area (Å²) < 4.78 is 5.31. The second kappa shape index (κ2) is 8.08. The lowest BCUT2D eigenvalue weighted by atomic mass is 9.96. The van der Waals surface area contributed by atoms with Crippen molar-refractivity contribution in [3.05, 3.63) is 60.2 Å². The van der Waals surface area contributed by atoms with Gasteiger partial charge in [-0.15, -0.1) is 0 Å². The Morgan fingerprint density at radius 1 is 1.14 bits per heavy atom. The summed E-state index contributed by atoms with van der Waals surface area (Å²) >= 11 is 0. The predicted molar refractivity (Wildman–Crippen MR) is 86.1 cm³/mol. The Hall–Kier alpha value is -2.49. The number of carbonyl (C=O) groups is 1. The van der Waals surface area contributed by atoms with Gasteiger partial charge in [-0.05, 0) is 24.1 Å². The monoisotopic (exact) mass is 299 g/mol. The first-order valence-electron chi connectivity index (χ1n) is 7.43. The number of aromatic hydroxyl groups is 1. The smallest absolute Gasteiger partial charge is 0.257 e. The molecule has 2 aromatic carbocycles. The Morgan fingerprint density at radius 3 is 2.50 bits per heavy atom. The SMILES string of the molecule is CCC(CNC(=O)COc1ccccc1O)c1ccccc1. The molecule has 0 spiro atoms. The summed E-state index contributed by atoms with van der Waals surface area (Å²) in [4.78, 5) is 11.9. The maximum absolute atomic E-state index is 11.9. The van der Waals surface area contributed by atoms with Gasteiger partial charge in [-0.2, -0.15) is 0 Å². The van der Waals surface area contributed by atoms with E-state index in [1.807, 2.05) is 18.2 Å². The zero-order chi connectivity index (χ0) is 15.8. The third kappa shape index (κ3) is 4.52. The van der Waals surface area contributed by atoms with E-state index in [9.17, 15) is 9.90 Å². The molecule has 0 saturated carbocycles. The molecule has 0 radical (unpaired) electrons. The third-order valence-corrected chi connectivity index (χ3v) is 3.53. The lowest BCUT2D eigenvalue weighted by Crippen LogP contribution is -2.32. The van der Waals surface area contributed by atoms with Crippen LogP contribution in [0.3, 0.4) is 0 Å². The molecule has 0 aliphatic carbocycles. The summed E-state index contributed by atoms with van der Waals surface area (Å²) in [5.41, 5.74) is 1.21. The molecule has 116 valence electrons. The Morgan fingerprint density at radius 2 is 1.82 bits per heavy atom. The molecule has 4 heteroatoms. The van der Waals surface area contributed by atoms with Crippen LogP contribution >= 0.6 is 0 Å². The van der Waals surface area contributed by atoms with Gasteiger partial charge in [0, 0.05) is 12.5 Å². The van der Waals surface area contributed by atoms with Gasteiger partial charge in [0.2, 0.25) is 0 Å². The number of benzene rings is 2. The molecule has 2 N–H and O–H groups in total. The number of rotatable bonds is 7. The first-order chi connectivity index (χ1) is 10.7. The number of nitrogens with one attached hydrogen (secondary N) is 1. The van der Waals surface area contributed by atoms with Gasteiger partial charge in [0.25, 0.3) is 5.91 Å². The normalized spacial score (nSPS) is 11.7. The quantitative estimate of drug-likeness (QED) is 0.826. The highest BCUT2D eigenvalue weighted by atomic mass is 16.5. The van der Waals surface area contributed by atoms with Gasteiger partial charge in [-0.25, -0.2) is 0 Å². The topological polar surface area (TPSA) is 58.6 Å². The summed E-state index contributed by atoms with van der Waals surface area (Å²) in [6, 6.07) is 16.7. The van der Waals surface area contributed by atoms with E-state index in [2.05, 4.69) is 24.4 Å². The number of phenols is 1. The molecule has 4 nitrogen and oxygen atoms in total. The second-order valence-electron chi connectivity index (χ2n) is 5.08. The molecule has 22 heavy (non-hydrogen) atoms. The van der Waals surface area contributed by atoms with Crippen LogP contribution in [0.25, 0.3) is 0 Å². The van der Waals surface area contributed by atoms with Crippen molar-refractivity contribution in [2.45, 2.75) is 19.3 Å². The highest BCUT2D eigenvalue weighted by molar-refractivity contribution is 5.77. The van der Waals surface area contributed by atoms with Crippen LogP contribution in [-0.2, 0) is 4.79 Å². The molecule has 1 atom stereocenters. The Bertz CT molecular complexity index is 598. The van der Waals surface area contributed by atoms with Crippen LogP contribution in [0.5, 0.6) is 11.5 Å². The van der Waals surface area contributed by atoms with E-state index < -0.39 is 0 Å². The molecule has 0 fully saturated rings. The summed E-state index contributed by atoms with van der Waals surface area (Å²) in [5.74, 6) is 0.437. The van der Waals surface area contributed by atoms with Crippen molar-refractivity contribution in [3.63, 3.8) is 0 Å². The maximum atomic E-state index is 11.9. The van der Waals surface area contributed by atoms with Crippen molar-refractivity contribution in [2.24, 2.45) is 0 Å². The predicted octanol–water partition coefficient (Wildman–Crippen LogP) is 3.08. The molecule has 1 amide bonds. The zero-order valence-electron chi connectivity index (χ0n) is 12.7. The maximum Gasteiger partial charge on any atom is 0.257 e. The molecule has 0 saturated heterocycles. The summed E-state index contributed by atoms with van der Waals surface area (Å²) in [7, 11) is 0. The highest BCUT2D eigenvalue weighted by Gasteiger charge is 2.11. The van der Waals surface area contributed by atoms with E-state index in [1.54, 1.807) is 18.2 Å². The summed E-state index contributed by atoms with van der Waals surface area (Å²) in [6.07, 6.45) is 0.949. The van der Waals surface area contributed by atoms with Gasteiger partial charge in [0.05, 0.1) is 0 Å². The largest absolute Gasteiger partial charge is 0.504 e. The van der Waals surface area contributed by atoms with Crippen molar-refractivity contribution in [3.8, 4) is 11.5 Å². The minimum absolute atomic E-state index is 0.0334. The van der Waals surface area contributed by atoms with Crippen molar-refractivity contribution >= 4 is 5.91 Å². The first kappa shape index (κ1) is 15.9. The van der Waals surface area contributed by atoms with E-state index >= 15 is 0 Å². The van der Waals surface area contributed by atoms with Crippen LogP contribution in [0.15, 0.2) is 54.6 Å². The number of hydrogen-bond donors (Lipinski definition) is 2. The van der Waals surface area contributed by atoms with Crippen LogP contribution in [0.2, 0.25) is 0 Å². The Kier molecular flexibility index (Phi) is 5.83. The fourth-order valence-electron chi connectivity index (χ4n) is 2.23. The molecular formula is C18H21NO3. The van der Waals surface area contributed by atoms with Gasteiger partial charge in [0.15, 0.2) is 18.1 Å². The molecule has 0 aliphatic rings. The van der Waals surface area contributed by atoms with Crippen molar-refractivity contribution in [1.82, 2.24) is 5.32 Å². The van der Waals surface area contributed by atoms with E-state index in [0.717, 1.165) is 6.42 Å². The minimum atomic E-state index is -0.197. The van der Waals surface area contributed by atoms with Crippen LogP contribution in [-0.4, -0.2) is 24.2 Å². The number of phenolic OH excluding ortho intramolecular Hbond substituents is 1. The number of carbonyl (C=O) groups excluding carboxylic acids is 1. The Balaban J connectivity index is 1.81. The lowest BCUT2D eigenvalue weighted by molar-refractivity contribution is -0.123. The average molecular weight is 299 g/mol. The Labute approximate surface area is 130 Å². The minimum Gasteiger partial charge on any atom is -0.504 e. The highest BCUT2D eigenvalue weighted by Crippen LogP contribution is 2.24. The second-order valence-corrected chi connectivity index (χ2v) is 5.08. The van der Waals surface area contributed by atoms with Crippen molar-refractivity contribution in [2.75, 3.05) is 13.2 Å². The molecular weight excluding hydrogens is 278 g/mol. The van der Waals surface area contributed by atoms with Gasteiger partial charge in [-0.3, -0.25) is 4.79 Å². The van der Waals surface area contributed by atoms with Crippen LogP contribution in [0.4, 0.5) is 0 Å². The lowest BCUT2D eigenvalue weighted by Gasteiger charge is -2.16. The van der Waals surface area contributed by atoms with E-state index in [0.29, 0.717) is 12.3 Å². The van der Waals surface area contributed by atoms with Gasteiger partial charge in [-0.1, -0.05) is 49.4 Å². The van der Waals surface area contributed by atoms with E-state index in [1.165, 1.54) is 11.6 Å². The van der Waals surface area contributed by atoms with Gasteiger partial charge < -0.3 is 15.2 Å². The molecule has 1 unspecified atom stereocenters. The zero-order valence-corrected chi connectivity index (χ0v) is 12.7. The third-order valence-electron chi connectivity index (χ3n) is 3.53. The molecule has 2 aromatic rings. The van der Waals surface area contributed by atoms with Crippen LogP contribution < -0.4 is 10.1 Å². The van der Waals surface area contributed by atoms with Gasteiger partial charge in [0.1, 0.15) is 0 Å². The summed E-state index contributed by atoms with van der Waals surface area (Å²) in [5, 5.41) is 12.4. The molecule has 0 bridgehead atoms. The van der Waals surface area contributed by atoms with E-state index in [-0.39, 0.29) is 24.2 Å². The fraction of sp³-hybridized carbons (Fsp3) is 0.278. The number of amides is 1. The number of hydrogen-bond acceptors (Lipinski definition) is 3. The molecule has 0 aromatic heterocycles. The number of ether oxygens (including phenoxy) is 1. The van der Waals surface area contributed by atoms with E-state index in [4.69, 9.17) is 4.74 Å². The standard InChI is InChI=1S/C18H21NO3/c1-2-14(15-8-4-3-5-9-15)12-19-18(21)13-22-17-11-7-6-10-16(17)20/h3-11,14,20H,2,12-13H2,1H3,(H,19,21). The molecule has 0 aliphatic heterocycles. The van der Waals surface area contributed by atoms with Crippen molar-refractivity contribution < 1.29 is 14.6 Å².